The van der Waals surface area contributed by atoms with Gasteiger partial charge in [0.2, 0.25) is 11.8 Å². The molecule has 0 radical (unpaired) electrons. The molecule has 0 aromatic heterocycles. The number of allylic oxidation sites excluding steroid dienone is 2. The molecular weight excluding hydrogens is 416 g/mol. The lowest BCUT2D eigenvalue weighted by atomic mass is 9.82. The number of hydrogen-bond donors (Lipinski definition) is 2. The van der Waals surface area contributed by atoms with Crippen LogP contribution in [0.3, 0.4) is 0 Å². The zero-order valence-corrected chi connectivity index (χ0v) is 19.6. The Balaban J connectivity index is 1.77. The highest BCUT2D eigenvalue weighted by Crippen LogP contribution is 2.44. The predicted molar refractivity (Wildman–Crippen MR) is 118 cm³/mol. The molecule has 3 aliphatic rings. The van der Waals surface area contributed by atoms with Crippen molar-refractivity contribution in [3.63, 3.8) is 0 Å². The van der Waals surface area contributed by atoms with Crippen LogP contribution < -0.4 is 5.32 Å². The molecule has 31 heavy (non-hydrogen) atoms. The molecule has 2 fully saturated rings. The molecule has 2 saturated heterocycles. The summed E-state index contributed by atoms with van der Waals surface area (Å²) in [6, 6.07) is -0.974. The van der Waals surface area contributed by atoms with Gasteiger partial charge in [0.05, 0.1) is 15.2 Å². The summed E-state index contributed by atoms with van der Waals surface area (Å²) in [5, 5.41) is 14.1. The van der Waals surface area contributed by atoms with E-state index in [0.29, 0.717) is 13.1 Å². The molecule has 0 aromatic rings. The Hall–Kier alpha value is -2.23. The van der Waals surface area contributed by atoms with Crippen LogP contribution in [0.5, 0.6) is 0 Å². The molecule has 4 atom stereocenters. The van der Waals surface area contributed by atoms with Crippen LogP contribution >= 0.6 is 0 Å². The molecule has 2 N–H and O–H groups in total. The Morgan fingerprint density at radius 1 is 1.35 bits per heavy atom. The zero-order chi connectivity index (χ0) is 22.8. The maximum atomic E-state index is 13.1. The summed E-state index contributed by atoms with van der Waals surface area (Å²) in [6.45, 7) is 7.79. The Kier molecular flexibility index (Phi) is 6.87. The Labute approximate surface area is 184 Å². The highest BCUT2D eigenvalue weighted by molar-refractivity contribution is 6.81. The van der Waals surface area contributed by atoms with Crippen LogP contribution in [0, 0.1) is 0 Å². The van der Waals surface area contributed by atoms with Gasteiger partial charge < -0.3 is 24.8 Å². The molecule has 3 rings (SSSR count). The van der Waals surface area contributed by atoms with E-state index in [2.05, 4.69) is 30.7 Å². The molecule has 170 valence electrons. The summed E-state index contributed by atoms with van der Waals surface area (Å²) < 4.78 is 10.6. The lowest BCUT2D eigenvalue weighted by Crippen LogP contribution is -2.54. The third kappa shape index (κ3) is 5.52. The molecule has 0 bridgehead atoms. The van der Waals surface area contributed by atoms with Crippen molar-refractivity contribution in [2.24, 2.45) is 0 Å². The number of fused-ring (bicyclic) bond motifs is 1. The quantitative estimate of drug-likeness (QED) is 0.249. The van der Waals surface area contributed by atoms with Gasteiger partial charge in [-0.25, -0.2) is 0 Å². The van der Waals surface area contributed by atoms with E-state index in [1.165, 1.54) is 19.3 Å². The zero-order valence-electron chi connectivity index (χ0n) is 18.6. The Morgan fingerprint density at radius 2 is 2.03 bits per heavy atom. The van der Waals surface area contributed by atoms with Crippen molar-refractivity contribution in [2.75, 3.05) is 20.2 Å². The topological polar surface area (TPSA) is 108 Å². The summed E-state index contributed by atoms with van der Waals surface area (Å²) in [7, 11) is -0.0185. The van der Waals surface area contributed by atoms with Crippen molar-refractivity contribution >= 4 is 25.7 Å². The highest BCUT2D eigenvalue weighted by Gasteiger charge is 2.63. The first kappa shape index (κ1) is 23.4. The van der Waals surface area contributed by atoms with Crippen molar-refractivity contribution in [1.82, 2.24) is 10.2 Å². The van der Waals surface area contributed by atoms with E-state index >= 15 is 0 Å². The fourth-order valence-electron chi connectivity index (χ4n) is 4.00. The predicted octanol–water partition coefficient (Wildman–Crippen LogP) is 1.08. The number of aliphatic hydroxyl groups is 1. The molecule has 1 aliphatic carbocycles. The Bertz CT molecular complexity index is 824. The van der Waals surface area contributed by atoms with E-state index < -0.39 is 37.8 Å². The average molecular weight is 449 g/mol. The van der Waals surface area contributed by atoms with Crippen molar-refractivity contribution in [2.45, 2.75) is 62.8 Å². The van der Waals surface area contributed by atoms with E-state index in [1.807, 2.05) is 6.08 Å². The van der Waals surface area contributed by atoms with Gasteiger partial charge in [0.1, 0.15) is 24.0 Å². The second kappa shape index (κ2) is 9.10. The van der Waals surface area contributed by atoms with Gasteiger partial charge in [0.15, 0.2) is 11.4 Å². The third-order valence-electron chi connectivity index (χ3n) is 5.67. The van der Waals surface area contributed by atoms with Crippen LogP contribution in [0.2, 0.25) is 19.6 Å². The molecule has 2 heterocycles. The minimum Gasteiger partial charge on any atom is -0.498 e. The SMILES string of the molecule is COC1=CC(=O)[C@H]2O[C@H]2[C@@]1(O)C[C@H](NC(=O)/C=C/C=C/[Si](C)(C)C)C(=O)N1CCCC1. The van der Waals surface area contributed by atoms with E-state index in [4.69, 9.17) is 9.47 Å². The molecule has 9 heteroatoms. The van der Waals surface area contributed by atoms with Gasteiger partial charge in [-0.1, -0.05) is 37.5 Å². The van der Waals surface area contributed by atoms with Gasteiger partial charge in [0.25, 0.3) is 0 Å². The fourth-order valence-corrected chi connectivity index (χ4v) is 4.69. The summed E-state index contributed by atoms with van der Waals surface area (Å²) in [5.41, 5.74) is 0.438. The number of nitrogens with zero attached hydrogens (tertiary/aromatic N) is 1. The molecule has 2 aliphatic heterocycles. The van der Waals surface area contributed by atoms with Crippen molar-refractivity contribution < 1.29 is 29.0 Å². The van der Waals surface area contributed by atoms with Crippen LogP contribution in [0.15, 0.2) is 35.8 Å². The van der Waals surface area contributed by atoms with Crippen molar-refractivity contribution in [3.05, 3.63) is 35.8 Å². The number of nitrogens with one attached hydrogen (secondary N) is 1. The van der Waals surface area contributed by atoms with Crippen LogP contribution in [-0.2, 0) is 23.9 Å². The fraction of sp³-hybridized carbons (Fsp3) is 0.591. The maximum absolute atomic E-state index is 13.1. The van der Waals surface area contributed by atoms with E-state index in [1.54, 1.807) is 11.0 Å². The number of hydrogen-bond acceptors (Lipinski definition) is 6. The maximum Gasteiger partial charge on any atom is 0.245 e. The minimum absolute atomic E-state index is 0.0540. The molecule has 0 saturated carbocycles. The number of likely N-dealkylation sites (tertiary alicyclic amines) is 1. The molecular formula is C22H32N2O6Si. The van der Waals surface area contributed by atoms with Gasteiger partial charge in [0, 0.05) is 31.7 Å². The standard InChI is InChI=1S/C22H32N2O6Si/c1-29-17-13-16(25)19-20(30-19)22(17,28)14-15(21(27)24-10-6-7-11-24)23-18(26)9-5-8-12-31(2,3)4/h5,8-9,12-13,15,19-20,28H,6-7,10-11,14H2,1-4H3,(H,23,26)/b9-5+,12-8+/t15-,19+,20+,22+/m0/s1. The average Bonchev–Trinajstić information content (AvgIpc) is 3.35. The van der Waals surface area contributed by atoms with Crippen LogP contribution in [-0.4, -0.2) is 79.7 Å². The summed E-state index contributed by atoms with van der Waals surface area (Å²) in [5.74, 6) is -0.896. The number of ketones is 1. The second-order valence-corrected chi connectivity index (χ2v) is 14.5. The number of ether oxygens (including phenoxy) is 2. The van der Waals surface area contributed by atoms with Gasteiger partial charge in [-0.3, -0.25) is 14.4 Å². The number of carbonyl (C=O) groups is 3. The third-order valence-corrected chi connectivity index (χ3v) is 6.86. The number of carbonyl (C=O) groups excluding carboxylic acids is 3. The number of amides is 2. The van der Waals surface area contributed by atoms with Gasteiger partial charge >= 0.3 is 0 Å². The summed E-state index contributed by atoms with van der Waals surface area (Å²) >= 11 is 0. The van der Waals surface area contributed by atoms with E-state index in [9.17, 15) is 19.5 Å². The summed E-state index contributed by atoms with van der Waals surface area (Å²) in [6.07, 6.45) is 6.26. The van der Waals surface area contributed by atoms with Crippen LogP contribution in [0.1, 0.15) is 19.3 Å². The van der Waals surface area contributed by atoms with E-state index in [-0.39, 0.29) is 23.9 Å². The van der Waals surface area contributed by atoms with Gasteiger partial charge in [-0.15, -0.1) is 0 Å². The first-order chi connectivity index (χ1) is 14.5. The lowest BCUT2D eigenvalue weighted by Gasteiger charge is -2.34. The molecule has 0 unspecified atom stereocenters. The lowest BCUT2D eigenvalue weighted by molar-refractivity contribution is -0.137. The van der Waals surface area contributed by atoms with Crippen molar-refractivity contribution in [1.29, 1.82) is 0 Å². The monoisotopic (exact) mass is 448 g/mol. The molecule has 0 aromatic carbocycles. The number of methoxy groups -OCH3 is 1. The number of epoxide rings is 1. The van der Waals surface area contributed by atoms with Crippen LogP contribution in [0.25, 0.3) is 0 Å². The Morgan fingerprint density at radius 3 is 2.65 bits per heavy atom. The van der Waals surface area contributed by atoms with Gasteiger partial charge in [-0.05, 0) is 12.8 Å². The van der Waals surface area contributed by atoms with E-state index in [0.717, 1.165) is 12.8 Å². The highest BCUT2D eigenvalue weighted by atomic mass is 28.3. The van der Waals surface area contributed by atoms with Gasteiger partial charge in [-0.2, -0.15) is 0 Å². The minimum atomic E-state index is -1.66. The smallest absolute Gasteiger partial charge is 0.245 e. The molecule has 8 nitrogen and oxygen atoms in total. The molecule has 2 amide bonds. The second-order valence-electron chi connectivity index (χ2n) is 9.40. The van der Waals surface area contributed by atoms with Crippen molar-refractivity contribution in [3.8, 4) is 0 Å². The number of rotatable bonds is 8. The molecule has 0 spiro atoms. The first-order valence-electron chi connectivity index (χ1n) is 10.7. The largest absolute Gasteiger partial charge is 0.498 e. The first-order valence-corrected chi connectivity index (χ1v) is 14.3. The normalized spacial score (nSPS) is 29.1. The van der Waals surface area contributed by atoms with Crippen LogP contribution in [0.4, 0.5) is 0 Å². The summed E-state index contributed by atoms with van der Waals surface area (Å²) in [4.78, 5) is 39.3.